The molecule has 1 atom stereocenters. The molecule has 2 aliphatic rings. The molecular formula is C38H29N3O. The lowest BCUT2D eigenvalue weighted by atomic mass is 9.74. The molecule has 4 heteroatoms. The van der Waals surface area contributed by atoms with Crippen LogP contribution in [0.5, 0.6) is 0 Å². The molecule has 0 fully saturated rings. The van der Waals surface area contributed by atoms with Gasteiger partial charge in [0.25, 0.3) is 0 Å². The number of aromatic nitrogens is 2. The molecule has 1 aliphatic carbocycles. The van der Waals surface area contributed by atoms with Crippen LogP contribution in [0.25, 0.3) is 55.9 Å². The highest BCUT2D eigenvalue weighted by atomic mass is 16.3. The highest BCUT2D eigenvalue weighted by molar-refractivity contribution is 5.95. The minimum absolute atomic E-state index is 0.0207. The van der Waals surface area contributed by atoms with E-state index in [0.717, 1.165) is 39.3 Å². The van der Waals surface area contributed by atoms with Crippen molar-refractivity contribution in [1.82, 2.24) is 15.3 Å². The van der Waals surface area contributed by atoms with Crippen molar-refractivity contribution in [3.8, 4) is 44.9 Å². The first-order chi connectivity index (χ1) is 20.6. The third-order valence-corrected chi connectivity index (χ3v) is 8.65. The largest absolute Gasteiger partial charge is 0.464 e. The van der Waals surface area contributed by atoms with E-state index < -0.39 is 0 Å². The Morgan fingerprint density at radius 3 is 2.29 bits per heavy atom. The van der Waals surface area contributed by atoms with Gasteiger partial charge >= 0.3 is 0 Å². The predicted octanol–water partition coefficient (Wildman–Crippen LogP) is 9.24. The van der Waals surface area contributed by atoms with Crippen LogP contribution in [0, 0.1) is 0 Å². The number of furan rings is 1. The van der Waals surface area contributed by atoms with E-state index in [4.69, 9.17) is 14.4 Å². The highest BCUT2D eigenvalue weighted by Gasteiger charge is 2.34. The zero-order valence-electron chi connectivity index (χ0n) is 23.5. The summed E-state index contributed by atoms with van der Waals surface area (Å²) in [4.78, 5) is 10.1. The zero-order chi connectivity index (χ0) is 28.3. The monoisotopic (exact) mass is 543 g/mol. The fraction of sp³-hybridized carbons (Fsp3) is 0.105. The minimum atomic E-state index is -0.276. The molecule has 0 saturated carbocycles. The molecule has 0 amide bonds. The van der Waals surface area contributed by atoms with Gasteiger partial charge in [-0.3, -0.25) is 0 Å². The molecule has 2 aromatic heterocycles. The molecule has 1 unspecified atom stereocenters. The Morgan fingerprint density at radius 2 is 1.48 bits per heavy atom. The van der Waals surface area contributed by atoms with E-state index in [-0.39, 0.29) is 11.5 Å². The first-order valence-corrected chi connectivity index (χ1v) is 14.4. The second-order valence-corrected chi connectivity index (χ2v) is 11.5. The third-order valence-electron chi connectivity index (χ3n) is 8.65. The normalized spacial score (nSPS) is 16.3. The summed E-state index contributed by atoms with van der Waals surface area (Å²) in [7, 11) is 0. The molecule has 8 rings (SSSR count). The molecule has 202 valence electrons. The SMILES string of the molecule is CC1(C)c2cc(-c3cc(C4C=CC=CN4)nc(-c4ccccc4)n3)ccc2-c2ccccc2-c2cc3occc3cc21. The van der Waals surface area contributed by atoms with Crippen molar-refractivity contribution in [2.45, 2.75) is 25.3 Å². The van der Waals surface area contributed by atoms with Crippen molar-refractivity contribution in [3.63, 3.8) is 0 Å². The average molecular weight is 544 g/mol. The third kappa shape index (κ3) is 3.91. The van der Waals surface area contributed by atoms with Gasteiger partial charge in [-0.1, -0.05) is 92.7 Å². The van der Waals surface area contributed by atoms with Gasteiger partial charge in [0.15, 0.2) is 5.82 Å². The summed E-state index contributed by atoms with van der Waals surface area (Å²) in [6.07, 6.45) is 9.93. The van der Waals surface area contributed by atoms with Crippen LogP contribution >= 0.6 is 0 Å². The molecule has 1 aliphatic heterocycles. The second-order valence-electron chi connectivity index (χ2n) is 11.5. The molecule has 0 spiro atoms. The number of benzene rings is 4. The Kier molecular flexibility index (Phi) is 5.51. The minimum Gasteiger partial charge on any atom is -0.464 e. The van der Waals surface area contributed by atoms with Gasteiger partial charge in [-0.15, -0.1) is 0 Å². The van der Waals surface area contributed by atoms with Crippen LogP contribution in [-0.4, -0.2) is 9.97 Å². The Labute approximate surface area is 245 Å². The Bertz CT molecular complexity index is 2050. The van der Waals surface area contributed by atoms with Crippen LogP contribution in [0.3, 0.4) is 0 Å². The van der Waals surface area contributed by atoms with Gasteiger partial charge in [0, 0.05) is 21.9 Å². The lowest BCUT2D eigenvalue weighted by Gasteiger charge is -2.29. The molecule has 4 nitrogen and oxygen atoms in total. The number of hydrogen-bond donors (Lipinski definition) is 1. The first-order valence-electron chi connectivity index (χ1n) is 14.4. The summed E-state index contributed by atoms with van der Waals surface area (Å²) in [6.45, 7) is 4.66. The summed E-state index contributed by atoms with van der Waals surface area (Å²) in [6, 6.07) is 34.4. The van der Waals surface area contributed by atoms with E-state index in [2.05, 4.69) is 110 Å². The average Bonchev–Trinajstić information content (AvgIpc) is 3.50. The summed E-state index contributed by atoms with van der Waals surface area (Å²) in [5.41, 5.74) is 12.0. The van der Waals surface area contributed by atoms with E-state index in [1.807, 2.05) is 30.5 Å². The molecule has 1 N–H and O–H groups in total. The van der Waals surface area contributed by atoms with Crippen LogP contribution in [0.2, 0.25) is 0 Å². The predicted molar refractivity (Wildman–Crippen MR) is 170 cm³/mol. The van der Waals surface area contributed by atoms with Crippen LogP contribution in [0.15, 0.2) is 132 Å². The summed E-state index contributed by atoms with van der Waals surface area (Å²) in [5, 5.41) is 4.55. The van der Waals surface area contributed by atoms with Crippen molar-refractivity contribution >= 4 is 11.0 Å². The number of nitrogens with one attached hydrogen (secondary N) is 1. The summed E-state index contributed by atoms with van der Waals surface area (Å²) in [5.74, 6) is 0.722. The first kappa shape index (κ1) is 24.6. The van der Waals surface area contributed by atoms with Gasteiger partial charge in [0.1, 0.15) is 5.58 Å². The summed E-state index contributed by atoms with van der Waals surface area (Å²) < 4.78 is 5.84. The van der Waals surface area contributed by atoms with Gasteiger partial charge in [-0.2, -0.15) is 0 Å². The number of fused-ring (bicyclic) bond motifs is 6. The molecule has 0 saturated heterocycles. The Morgan fingerprint density at radius 1 is 0.690 bits per heavy atom. The van der Waals surface area contributed by atoms with E-state index in [0.29, 0.717) is 0 Å². The Balaban J connectivity index is 1.35. The number of dihydropyridines is 1. The lowest BCUT2D eigenvalue weighted by molar-refractivity contribution is 0.614. The van der Waals surface area contributed by atoms with Crippen LogP contribution in [0.1, 0.15) is 36.7 Å². The van der Waals surface area contributed by atoms with Crippen LogP contribution in [-0.2, 0) is 5.41 Å². The molecular weight excluding hydrogens is 514 g/mol. The van der Waals surface area contributed by atoms with Crippen LogP contribution in [0.4, 0.5) is 0 Å². The number of nitrogens with zero attached hydrogens (tertiary/aromatic N) is 2. The van der Waals surface area contributed by atoms with E-state index >= 15 is 0 Å². The fourth-order valence-corrected chi connectivity index (χ4v) is 6.42. The molecule has 6 aromatic rings. The lowest BCUT2D eigenvalue weighted by Crippen LogP contribution is -2.20. The number of hydrogen-bond acceptors (Lipinski definition) is 4. The fourth-order valence-electron chi connectivity index (χ4n) is 6.42. The number of rotatable bonds is 3. The standard InChI is InChI=1S/C38H29N3O/c1-38(2)31-20-25(34-23-35(33-14-8-9-18-39-33)41-37(40-34)24-10-4-3-5-11-24)15-16-29(31)27-12-6-7-13-28(27)30-22-36-26(17-19-42-36)21-32(30)38/h3-23,33,39H,1-2H3. The molecule has 4 aromatic carbocycles. The van der Waals surface area contributed by atoms with Crippen LogP contribution < -0.4 is 5.32 Å². The quantitative estimate of drug-likeness (QED) is 0.242. The highest BCUT2D eigenvalue weighted by Crippen LogP contribution is 2.50. The number of allylic oxidation sites excluding steroid dienone is 2. The molecule has 0 radical (unpaired) electrons. The van der Waals surface area contributed by atoms with Gasteiger partial charge in [0.05, 0.1) is 23.7 Å². The van der Waals surface area contributed by atoms with Crippen molar-refractivity contribution < 1.29 is 4.42 Å². The second kappa shape index (κ2) is 9.42. The molecule has 0 bridgehead atoms. The zero-order valence-corrected chi connectivity index (χ0v) is 23.5. The molecule has 3 heterocycles. The molecule has 42 heavy (non-hydrogen) atoms. The van der Waals surface area contributed by atoms with Crippen molar-refractivity contribution in [1.29, 1.82) is 0 Å². The van der Waals surface area contributed by atoms with Crippen molar-refractivity contribution in [2.75, 3.05) is 0 Å². The topological polar surface area (TPSA) is 51.0 Å². The maximum Gasteiger partial charge on any atom is 0.160 e. The van der Waals surface area contributed by atoms with Crippen molar-refractivity contribution in [3.05, 3.63) is 145 Å². The maximum atomic E-state index is 5.84. The smallest absolute Gasteiger partial charge is 0.160 e. The van der Waals surface area contributed by atoms with Gasteiger partial charge in [-0.25, -0.2) is 9.97 Å². The van der Waals surface area contributed by atoms with Gasteiger partial charge in [-0.05, 0) is 76.0 Å². The van der Waals surface area contributed by atoms with E-state index in [1.54, 1.807) is 6.26 Å². The Hall–Kier alpha value is -5.22. The van der Waals surface area contributed by atoms with E-state index in [9.17, 15) is 0 Å². The van der Waals surface area contributed by atoms with Crippen molar-refractivity contribution in [2.24, 2.45) is 0 Å². The van der Waals surface area contributed by atoms with E-state index in [1.165, 1.54) is 33.4 Å². The maximum absolute atomic E-state index is 5.84. The van der Waals surface area contributed by atoms with Gasteiger partial charge in [0.2, 0.25) is 0 Å². The van der Waals surface area contributed by atoms with Gasteiger partial charge < -0.3 is 9.73 Å². The summed E-state index contributed by atoms with van der Waals surface area (Å²) >= 11 is 0.